The molecule has 0 aliphatic carbocycles. The number of rotatable bonds is 4. The summed E-state index contributed by atoms with van der Waals surface area (Å²) in [4.78, 5) is 0.356. The molecular weight excluding hydrogens is 322 g/mol. The van der Waals surface area contributed by atoms with Crippen molar-refractivity contribution in [3.8, 4) is 0 Å². The zero-order valence-corrected chi connectivity index (χ0v) is 14.9. The number of hydrogen-bond donors (Lipinski definition) is 0. The summed E-state index contributed by atoms with van der Waals surface area (Å²) in [6.07, 6.45) is 2.42. The van der Waals surface area contributed by atoms with Gasteiger partial charge in [0.15, 0.2) is 0 Å². The number of sulfonamides is 1. The molecule has 7 heteroatoms. The Kier molecular flexibility index (Phi) is 4.99. The van der Waals surface area contributed by atoms with E-state index in [2.05, 4.69) is 0 Å². The van der Waals surface area contributed by atoms with Gasteiger partial charge in [0.05, 0.1) is 10.6 Å². The minimum Gasteiger partial charge on any atom is -0.229 e. The van der Waals surface area contributed by atoms with Crippen LogP contribution in [0.3, 0.4) is 0 Å². The van der Waals surface area contributed by atoms with Crippen LogP contribution in [0.1, 0.15) is 24.0 Å². The molecule has 22 heavy (non-hydrogen) atoms. The lowest BCUT2D eigenvalue weighted by molar-refractivity contribution is 0.289. The van der Waals surface area contributed by atoms with E-state index in [1.54, 1.807) is 13.0 Å². The van der Waals surface area contributed by atoms with Crippen molar-refractivity contribution in [2.45, 2.75) is 31.6 Å². The average molecular weight is 345 g/mol. The number of benzene rings is 1. The number of hydrogen-bond acceptors (Lipinski definition) is 4. The van der Waals surface area contributed by atoms with Crippen LogP contribution in [0.2, 0.25) is 0 Å². The zero-order valence-electron chi connectivity index (χ0n) is 13.2. The predicted octanol–water partition coefficient (Wildman–Crippen LogP) is 1.75. The first-order chi connectivity index (χ1) is 10.1. The van der Waals surface area contributed by atoms with Crippen LogP contribution in [0.15, 0.2) is 23.1 Å². The maximum absolute atomic E-state index is 12.8. The third-order valence-electron chi connectivity index (χ3n) is 4.07. The highest BCUT2D eigenvalue weighted by atomic mass is 32.2. The molecule has 0 N–H and O–H groups in total. The number of piperidine rings is 1. The Balaban J connectivity index is 2.15. The topological polar surface area (TPSA) is 71.5 Å². The second-order valence-corrected chi connectivity index (χ2v) is 10.3. The van der Waals surface area contributed by atoms with Crippen LogP contribution >= 0.6 is 0 Å². The lowest BCUT2D eigenvalue weighted by atomic mass is 10.0. The fourth-order valence-corrected chi connectivity index (χ4v) is 5.84. The molecule has 1 aliphatic heterocycles. The Morgan fingerprint density at radius 1 is 1.09 bits per heavy atom. The summed E-state index contributed by atoms with van der Waals surface area (Å²) < 4.78 is 49.7. The highest BCUT2D eigenvalue weighted by molar-refractivity contribution is 7.90. The summed E-state index contributed by atoms with van der Waals surface area (Å²) in [5.41, 5.74) is 1.65. The molecular formula is C15H23NO4S2. The van der Waals surface area contributed by atoms with Gasteiger partial charge in [-0.05, 0) is 49.8 Å². The largest absolute Gasteiger partial charge is 0.243 e. The molecule has 0 saturated carbocycles. The van der Waals surface area contributed by atoms with Gasteiger partial charge in [0, 0.05) is 19.3 Å². The summed E-state index contributed by atoms with van der Waals surface area (Å²) in [7, 11) is -6.51. The quantitative estimate of drug-likeness (QED) is 0.833. The molecule has 2 rings (SSSR count). The monoisotopic (exact) mass is 345 g/mol. The normalized spacial score (nSPS) is 18.5. The Labute approximate surface area is 133 Å². The maximum atomic E-state index is 12.8. The van der Waals surface area contributed by atoms with Crippen molar-refractivity contribution < 1.29 is 16.8 Å². The van der Waals surface area contributed by atoms with Crippen LogP contribution in [-0.2, 0) is 19.9 Å². The number of nitrogens with zero attached hydrogens (tertiary/aromatic N) is 1. The number of sulfone groups is 1. The molecule has 0 spiro atoms. The molecule has 0 amide bonds. The summed E-state index contributed by atoms with van der Waals surface area (Å²) in [6, 6.07) is 5.42. The molecule has 1 heterocycles. The third-order valence-corrected chi connectivity index (χ3v) is 7.19. The zero-order chi connectivity index (χ0) is 16.5. The second-order valence-electron chi connectivity index (χ2n) is 6.21. The SMILES string of the molecule is Cc1ccc(C)c(S(=O)(=O)N2CCC(CS(C)(=O)=O)CC2)c1. The molecule has 0 radical (unpaired) electrons. The first kappa shape index (κ1) is 17.4. The maximum Gasteiger partial charge on any atom is 0.243 e. The lowest BCUT2D eigenvalue weighted by Crippen LogP contribution is -2.40. The Morgan fingerprint density at radius 2 is 1.68 bits per heavy atom. The smallest absolute Gasteiger partial charge is 0.229 e. The van der Waals surface area contributed by atoms with Crippen molar-refractivity contribution in [1.82, 2.24) is 4.31 Å². The minimum atomic E-state index is -3.50. The van der Waals surface area contributed by atoms with E-state index in [0.717, 1.165) is 11.1 Å². The van der Waals surface area contributed by atoms with Gasteiger partial charge < -0.3 is 0 Å². The molecule has 0 aromatic heterocycles. The van der Waals surface area contributed by atoms with E-state index in [9.17, 15) is 16.8 Å². The first-order valence-corrected chi connectivity index (χ1v) is 10.8. The van der Waals surface area contributed by atoms with Crippen molar-refractivity contribution >= 4 is 19.9 Å². The number of aryl methyl sites for hydroxylation is 2. The van der Waals surface area contributed by atoms with Crippen molar-refractivity contribution in [3.63, 3.8) is 0 Å². The summed E-state index contributed by atoms with van der Waals surface area (Å²) in [5, 5.41) is 0. The van der Waals surface area contributed by atoms with E-state index in [1.807, 2.05) is 19.1 Å². The van der Waals surface area contributed by atoms with E-state index in [-0.39, 0.29) is 11.7 Å². The standard InChI is InChI=1S/C15H23NO4S2/c1-12-4-5-13(2)15(10-12)22(19,20)16-8-6-14(7-9-16)11-21(3,17)18/h4-5,10,14H,6-9,11H2,1-3H3. The fraction of sp³-hybridized carbons (Fsp3) is 0.600. The molecule has 1 saturated heterocycles. The highest BCUT2D eigenvalue weighted by Crippen LogP contribution is 2.26. The van der Waals surface area contributed by atoms with Gasteiger partial charge in [-0.25, -0.2) is 16.8 Å². The highest BCUT2D eigenvalue weighted by Gasteiger charge is 2.31. The molecule has 0 unspecified atom stereocenters. The molecule has 124 valence electrons. The summed E-state index contributed by atoms with van der Waals surface area (Å²) in [5.74, 6) is 0.199. The van der Waals surface area contributed by atoms with Gasteiger partial charge in [-0.15, -0.1) is 0 Å². The van der Waals surface area contributed by atoms with E-state index in [4.69, 9.17) is 0 Å². The Morgan fingerprint density at radius 3 is 2.23 bits per heavy atom. The molecule has 1 aliphatic rings. The van der Waals surface area contributed by atoms with E-state index < -0.39 is 19.9 Å². The lowest BCUT2D eigenvalue weighted by Gasteiger charge is -2.31. The molecule has 1 aromatic carbocycles. The van der Waals surface area contributed by atoms with Gasteiger partial charge in [0.2, 0.25) is 10.0 Å². The molecule has 1 fully saturated rings. The molecule has 1 aromatic rings. The van der Waals surface area contributed by atoms with Crippen LogP contribution in [-0.4, -0.2) is 46.2 Å². The van der Waals surface area contributed by atoms with Crippen molar-refractivity contribution in [1.29, 1.82) is 0 Å². The van der Waals surface area contributed by atoms with Gasteiger partial charge in [0.1, 0.15) is 9.84 Å². The van der Waals surface area contributed by atoms with Gasteiger partial charge in [-0.2, -0.15) is 4.31 Å². The van der Waals surface area contributed by atoms with Crippen LogP contribution in [0.25, 0.3) is 0 Å². The van der Waals surface area contributed by atoms with Crippen LogP contribution in [0, 0.1) is 19.8 Å². The second kappa shape index (κ2) is 6.29. The Bertz CT molecular complexity index is 746. The van der Waals surface area contributed by atoms with E-state index in [1.165, 1.54) is 10.6 Å². The van der Waals surface area contributed by atoms with Crippen LogP contribution in [0.4, 0.5) is 0 Å². The molecule has 0 atom stereocenters. The van der Waals surface area contributed by atoms with Crippen LogP contribution in [0.5, 0.6) is 0 Å². The van der Waals surface area contributed by atoms with E-state index in [0.29, 0.717) is 30.8 Å². The third kappa shape index (κ3) is 4.08. The van der Waals surface area contributed by atoms with Gasteiger partial charge >= 0.3 is 0 Å². The van der Waals surface area contributed by atoms with Gasteiger partial charge in [-0.3, -0.25) is 0 Å². The molecule has 0 bridgehead atoms. The predicted molar refractivity (Wildman–Crippen MR) is 87.1 cm³/mol. The van der Waals surface area contributed by atoms with Gasteiger partial charge in [-0.1, -0.05) is 12.1 Å². The molecule has 5 nitrogen and oxygen atoms in total. The average Bonchev–Trinajstić information content (AvgIpc) is 2.40. The van der Waals surface area contributed by atoms with Crippen molar-refractivity contribution in [2.75, 3.05) is 25.1 Å². The van der Waals surface area contributed by atoms with Crippen LogP contribution < -0.4 is 0 Å². The Hall–Kier alpha value is -0.920. The van der Waals surface area contributed by atoms with Crippen molar-refractivity contribution in [2.24, 2.45) is 5.92 Å². The van der Waals surface area contributed by atoms with Gasteiger partial charge in [0.25, 0.3) is 0 Å². The summed E-state index contributed by atoms with van der Waals surface area (Å²) >= 11 is 0. The van der Waals surface area contributed by atoms with E-state index >= 15 is 0 Å². The fourth-order valence-electron chi connectivity index (χ4n) is 2.87. The van der Waals surface area contributed by atoms with Crippen molar-refractivity contribution in [3.05, 3.63) is 29.3 Å². The first-order valence-electron chi connectivity index (χ1n) is 7.35. The minimum absolute atomic E-state index is 0.0556. The summed E-state index contributed by atoms with van der Waals surface area (Å²) in [6.45, 7) is 4.44.